The van der Waals surface area contributed by atoms with Crippen LogP contribution in [0.5, 0.6) is 0 Å². The average molecular weight is 293 g/mol. The lowest BCUT2D eigenvalue weighted by Gasteiger charge is -2.10. The normalized spacial score (nSPS) is 9.86. The highest BCUT2D eigenvalue weighted by molar-refractivity contribution is 5.92. The quantitative estimate of drug-likeness (QED) is 0.885. The van der Waals surface area contributed by atoms with Crippen LogP contribution in [0.4, 0.5) is 11.4 Å². The molecule has 4 heteroatoms. The number of anilines is 2. The highest BCUT2D eigenvalue weighted by Crippen LogP contribution is 2.15. The van der Waals surface area contributed by atoms with Crippen molar-refractivity contribution in [3.63, 3.8) is 0 Å². The molecular weight excluding hydrogens is 274 g/mol. The molecule has 2 aromatic carbocycles. The largest absolute Gasteiger partial charge is 0.385 e. The number of carbonyl (C=O) groups is 1. The maximum Gasteiger partial charge on any atom is 0.226 e. The van der Waals surface area contributed by atoms with Crippen molar-refractivity contribution in [1.82, 2.24) is 0 Å². The summed E-state index contributed by atoms with van der Waals surface area (Å²) in [5.74, 6) is -0.112. The van der Waals surface area contributed by atoms with Gasteiger partial charge in [-0.2, -0.15) is 5.26 Å². The van der Waals surface area contributed by atoms with Gasteiger partial charge in [-0.15, -0.1) is 0 Å². The van der Waals surface area contributed by atoms with Gasteiger partial charge in [0.2, 0.25) is 5.91 Å². The molecule has 0 heterocycles. The van der Waals surface area contributed by atoms with E-state index in [2.05, 4.69) is 42.7 Å². The van der Waals surface area contributed by atoms with Crippen LogP contribution >= 0.6 is 0 Å². The topological polar surface area (TPSA) is 64.9 Å². The first-order valence-electron chi connectivity index (χ1n) is 7.20. The lowest BCUT2D eigenvalue weighted by Crippen LogP contribution is -2.16. The van der Waals surface area contributed by atoms with E-state index in [1.54, 1.807) is 24.3 Å². The second-order valence-electron chi connectivity index (χ2n) is 5.18. The number of benzene rings is 2. The molecule has 2 N–H and O–H groups in total. The van der Waals surface area contributed by atoms with Gasteiger partial charge in [0.1, 0.15) is 6.07 Å². The van der Waals surface area contributed by atoms with E-state index in [1.807, 2.05) is 6.07 Å². The summed E-state index contributed by atoms with van der Waals surface area (Å²) < 4.78 is 0. The van der Waals surface area contributed by atoms with Gasteiger partial charge in [0, 0.05) is 18.7 Å². The zero-order valence-corrected chi connectivity index (χ0v) is 12.8. The predicted octanol–water partition coefficient (Wildman–Crippen LogP) is 3.62. The monoisotopic (exact) mass is 293 g/mol. The molecule has 0 aliphatic carbocycles. The maximum atomic E-state index is 11.9. The van der Waals surface area contributed by atoms with Crippen LogP contribution in [0.1, 0.15) is 23.1 Å². The molecule has 112 valence electrons. The van der Waals surface area contributed by atoms with Gasteiger partial charge < -0.3 is 10.6 Å². The molecule has 0 atom stereocenters. The summed E-state index contributed by atoms with van der Waals surface area (Å²) in [6.07, 6.45) is 0.340. The molecule has 0 saturated carbocycles. The van der Waals surface area contributed by atoms with E-state index >= 15 is 0 Å². The Morgan fingerprint density at radius 1 is 1.14 bits per heavy atom. The van der Waals surface area contributed by atoms with Crippen LogP contribution < -0.4 is 10.6 Å². The number of nitrogens with one attached hydrogen (secondary N) is 2. The van der Waals surface area contributed by atoms with Crippen molar-refractivity contribution in [2.45, 2.75) is 20.3 Å². The van der Waals surface area contributed by atoms with Crippen molar-refractivity contribution in [2.24, 2.45) is 0 Å². The van der Waals surface area contributed by atoms with Gasteiger partial charge in [-0.05, 0) is 49.2 Å². The third kappa shape index (κ3) is 4.10. The molecule has 4 nitrogen and oxygen atoms in total. The first-order chi connectivity index (χ1) is 10.6. The van der Waals surface area contributed by atoms with Crippen LogP contribution in [0.2, 0.25) is 0 Å². The van der Waals surface area contributed by atoms with E-state index < -0.39 is 0 Å². The van der Waals surface area contributed by atoms with Crippen LogP contribution in [0, 0.1) is 25.2 Å². The van der Waals surface area contributed by atoms with Crippen molar-refractivity contribution < 1.29 is 4.79 Å². The number of hydrogen-bond acceptors (Lipinski definition) is 3. The first kappa shape index (κ1) is 15.6. The van der Waals surface area contributed by atoms with Crippen LogP contribution in [0.3, 0.4) is 0 Å². The third-order valence-corrected chi connectivity index (χ3v) is 3.51. The van der Waals surface area contributed by atoms with Gasteiger partial charge in [0.05, 0.1) is 11.3 Å². The molecular formula is C18H19N3O. The van der Waals surface area contributed by atoms with Crippen molar-refractivity contribution in [3.8, 4) is 6.07 Å². The number of carbonyl (C=O) groups excluding carboxylic acids is 1. The number of nitrogens with zero attached hydrogens (tertiary/aromatic N) is 1. The molecule has 22 heavy (non-hydrogen) atoms. The molecule has 0 aliphatic rings. The highest BCUT2D eigenvalue weighted by Gasteiger charge is 2.06. The Bertz CT molecular complexity index is 717. The Balaban J connectivity index is 1.85. The Kier molecular flexibility index (Phi) is 5.16. The van der Waals surface area contributed by atoms with Crippen molar-refractivity contribution >= 4 is 17.3 Å². The number of aryl methyl sites for hydroxylation is 2. The summed E-state index contributed by atoms with van der Waals surface area (Å²) in [6, 6.07) is 15.2. The maximum absolute atomic E-state index is 11.9. The minimum Gasteiger partial charge on any atom is -0.385 e. The standard InChI is InChI=1S/C18H19N3O/c1-13-7-8-16(11-14(13)2)20-10-9-18(22)21-17-6-4-3-5-15(17)12-19/h3-8,11,20H,9-10H2,1-2H3,(H,21,22). The van der Waals surface area contributed by atoms with E-state index in [4.69, 9.17) is 5.26 Å². The van der Waals surface area contributed by atoms with E-state index in [-0.39, 0.29) is 5.91 Å². The van der Waals surface area contributed by atoms with E-state index in [9.17, 15) is 4.79 Å². The number of para-hydroxylation sites is 1. The van der Waals surface area contributed by atoms with Crippen molar-refractivity contribution in [2.75, 3.05) is 17.2 Å². The summed E-state index contributed by atoms with van der Waals surface area (Å²) >= 11 is 0. The number of nitriles is 1. The fourth-order valence-corrected chi connectivity index (χ4v) is 2.07. The van der Waals surface area contributed by atoms with Gasteiger partial charge in [0.15, 0.2) is 0 Å². The molecule has 0 fully saturated rings. The Labute approximate surface area is 130 Å². The Hall–Kier alpha value is -2.80. The van der Waals surface area contributed by atoms with Crippen LogP contribution in [-0.4, -0.2) is 12.5 Å². The zero-order chi connectivity index (χ0) is 15.9. The molecule has 0 bridgehead atoms. The molecule has 1 amide bonds. The highest BCUT2D eigenvalue weighted by atomic mass is 16.1. The number of amides is 1. The van der Waals surface area contributed by atoms with Crippen LogP contribution in [0.15, 0.2) is 42.5 Å². The van der Waals surface area contributed by atoms with Crippen molar-refractivity contribution in [3.05, 3.63) is 59.2 Å². The number of rotatable bonds is 5. The summed E-state index contributed by atoms with van der Waals surface area (Å²) in [5.41, 5.74) is 4.50. The lowest BCUT2D eigenvalue weighted by atomic mass is 10.1. The molecule has 0 spiro atoms. The average Bonchev–Trinajstić information content (AvgIpc) is 2.51. The predicted molar refractivity (Wildman–Crippen MR) is 88.8 cm³/mol. The van der Waals surface area contributed by atoms with Gasteiger partial charge in [-0.1, -0.05) is 18.2 Å². The van der Waals surface area contributed by atoms with Gasteiger partial charge in [-0.3, -0.25) is 4.79 Å². The fraction of sp³-hybridized carbons (Fsp3) is 0.222. The minimum absolute atomic E-state index is 0.112. The molecule has 0 saturated heterocycles. The Morgan fingerprint density at radius 2 is 1.91 bits per heavy atom. The molecule has 0 aliphatic heterocycles. The van der Waals surface area contributed by atoms with Gasteiger partial charge in [0.25, 0.3) is 0 Å². The molecule has 0 aromatic heterocycles. The van der Waals surface area contributed by atoms with Gasteiger partial charge in [-0.25, -0.2) is 0 Å². The Morgan fingerprint density at radius 3 is 2.64 bits per heavy atom. The SMILES string of the molecule is Cc1ccc(NCCC(=O)Nc2ccccc2C#N)cc1C. The van der Waals surface area contributed by atoms with Crippen molar-refractivity contribution in [1.29, 1.82) is 5.26 Å². The summed E-state index contributed by atoms with van der Waals surface area (Å²) in [5, 5.41) is 15.0. The third-order valence-electron chi connectivity index (χ3n) is 3.51. The number of hydrogen-bond donors (Lipinski definition) is 2. The fourth-order valence-electron chi connectivity index (χ4n) is 2.07. The summed E-state index contributed by atoms with van der Waals surface area (Å²) in [6.45, 7) is 4.67. The van der Waals surface area contributed by atoms with Crippen LogP contribution in [0.25, 0.3) is 0 Å². The first-order valence-corrected chi connectivity index (χ1v) is 7.20. The lowest BCUT2D eigenvalue weighted by molar-refractivity contribution is -0.115. The molecule has 0 radical (unpaired) electrons. The van der Waals surface area contributed by atoms with E-state index in [0.29, 0.717) is 24.2 Å². The molecule has 2 aromatic rings. The molecule has 0 unspecified atom stereocenters. The summed E-state index contributed by atoms with van der Waals surface area (Å²) in [7, 11) is 0. The van der Waals surface area contributed by atoms with Gasteiger partial charge >= 0.3 is 0 Å². The second-order valence-corrected chi connectivity index (χ2v) is 5.18. The minimum atomic E-state index is -0.112. The molecule has 2 rings (SSSR count). The van der Waals surface area contributed by atoms with E-state index in [0.717, 1.165) is 5.69 Å². The zero-order valence-electron chi connectivity index (χ0n) is 12.8. The smallest absolute Gasteiger partial charge is 0.226 e. The summed E-state index contributed by atoms with van der Waals surface area (Å²) in [4.78, 5) is 11.9. The van der Waals surface area contributed by atoms with Crippen LogP contribution in [-0.2, 0) is 4.79 Å². The second kappa shape index (κ2) is 7.28. The van der Waals surface area contributed by atoms with E-state index in [1.165, 1.54) is 11.1 Å².